The zero-order valence-electron chi connectivity index (χ0n) is 7.97. The molecule has 2 heterocycles. The third-order valence-electron chi connectivity index (χ3n) is 3.51. The standard InChI is InChI=1S/C10H14N2OS/c13-9-2-1-7-5-12(6-8(7)9)10-11-3-4-14-10/h3-4,7-9,13H,1-2,5-6H2. The van der Waals surface area contributed by atoms with Crippen molar-refractivity contribution >= 4 is 16.5 Å². The van der Waals surface area contributed by atoms with Crippen molar-refractivity contribution in [2.75, 3.05) is 18.0 Å². The lowest BCUT2D eigenvalue weighted by molar-refractivity contribution is 0.133. The molecule has 3 nitrogen and oxygen atoms in total. The third-order valence-corrected chi connectivity index (χ3v) is 4.34. The minimum atomic E-state index is -0.0648. The van der Waals surface area contributed by atoms with Crippen LogP contribution in [0.15, 0.2) is 11.6 Å². The Kier molecular flexibility index (Phi) is 1.99. The van der Waals surface area contributed by atoms with Gasteiger partial charge in [0.2, 0.25) is 0 Å². The highest BCUT2D eigenvalue weighted by atomic mass is 32.1. The molecule has 3 atom stereocenters. The van der Waals surface area contributed by atoms with Crippen LogP contribution in [-0.2, 0) is 0 Å². The fourth-order valence-corrected chi connectivity index (χ4v) is 3.43. The molecule has 0 radical (unpaired) electrons. The Morgan fingerprint density at radius 3 is 3.07 bits per heavy atom. The molecular weight excluding hydrogens is 196 g/mol. The summed E-state index contributed by atoms with van der Waals surface area (Å²) in [5.41, 5.74) is 0. The van der Waals surface area contributed by atoms with Crippen molar-refractivity contribution in [2.24, 2.45) is 11.8 Å². The molecule has 76 valence electrons. The second-order valence-corrected chi connectivity index (χ2v) is 5.16. The number of hydrogen-bond donors (Lipinski definition) is 1. The number of hydrogen-bond acceptors (Lipinski definition) is 4. The second-order valence-electron chi connectivity index (χ2n) is 4.29. The van der Waals surface area contributed by atoms with Gasteiger partial charge in [-0.05, 0) is 18.8 Å². The van der Waals surface area contributed by atoms with Crippen molar-refractivity contribution in [3.63, 3.8) is 0 Å². The number of thiazole rings is 1. The van der Waals surface area contributed by atoms with E-state index in [-0.39, 0.29) is 6.10 Å². The summed E-state index contributed by atoms with van der Waals surface area (Å²) in [6, 6.07) is 0. The first kappa shape index (κ1) is 8.68. The number of anilines is 1. The zero-order valence-corrected chi connectivity index (χ0v) is 8.78. The lowest BCUT2D eigenvalue weighted by atomic mass is 10.00. The van der Waals surface area contributed by atoms with Crippen molar-refractivity contribution in [3.8, 4) is 0 Å². The fraction of sp³-hybridized carbons (Fsp3) is 0.700. The minimum absolute atomic E-state index is 0.0648. The van der Waals surface area contributed by atoms with Crippen LogP contribution in [0, 0.1) is 11.8 Å². The van der Waals surface area contributed by atoms with Gasteiger partial charge in [-0.1, -0.05) is 0 Å². The normalized spacial score (nSPS) is 36.4. The van der Waals surface area contributed by atoms with Gasteiger partial charge >= 0.3 is 0 Å². The van der Waals surface area contributed by atoms with E-state index in [1.54, 1.807) is 11.3 Å². The quantitative estimate of drug-likeness (QED) is 0.760. The van der Waals surface area contributed by atoms with Crippen molar-refractivity contribution in [2.45, 2.75) is 18.9 Å². The summed E-state index contributed by atoms with van der Waals surface area (Å²) in [7, 11) is 0. The summed E-state index contributed by atoms with van der Waals surface area (Å²) in [5.74, 6) is 1.20. The number of aliphatic hydroxyl groups is 1. The topological polar surface area (TPSA) is 36.4 Å². The van der Waals surface area contributed by atoms with Crippen molar-refractivity contribution < 1.29 is 5.11 Å². The molecule has 0 bridgehead atoms. The van der Waals surface area contributed by atoms with E-state index in [1.165, 1.54) is 6.42 Å². The van der Waals surface area contributed by atoms with Gasteiger partial charge in [-0.2, -0.15) is 0 Å². The highest BCUT2D eigenvalue weighted by Gasteiger charge is 2.42. The first-order chi connectivity index (χ1) is 6.84. The molecule has 0 amide bonds. The maximum Gasteiger partial charge on any atom is 0.185 e. The average Bonchev–Trinajstić information content (AvgIpc) is 2.83. The highest BCUT2D eigenvalue weighted by molar-refractivity contribution is 7.13. The van der Waals surface area contributed by atoms with Crippen LogP contribution < -0.4 is 4.90 Å². The van der Waals surface area contributed by atoms with Crippen molar-refractivity contribution in [3.05, 3.63) is 11.6 Å². The summed E-state index contributed by atoms with van der Waals surface area (Å²) in [5, 5.41) is 12.9. The van der Waals surface area contributed by atoms with Gasteiger partial charge in [0.15, 0.2) is 5.13 Å². The van der Waals surface area contributed by atoms with Crippen LogP contribution in [0.3, 0.4) is 0 Å². The molecule has 1 aromatic heterocycles. The average molecular weight is 210 g/mol. The summed E-state index contributed by atoms with van der Waals surface area (Å²) >= 11 is 1.69. The molecule has 2 fully saturated rings. The Morgan fingerprint density at radius 2 is 2.36 bits per heavy atom. The molecule has 0 aromatic carbocycles. The maximum atomic E-state index is 9.77. The van der Waals surface area contributed by atoms with E-state index in [4.69, 9.17) is 0 Å². The number of aromatic nitrogens is 1. The van der Waals surface area contributed by atoms with E-state index in [9.17, 15) is 5.11 Å². The maximum absolute atomic E-state index is 9.77. The van der Waals surface area contributed by atoms with Crippen LogP contribution in [-0.4, -0.2) is 29.3 Å². The second kappa shape index (κ2) is 3.21. The lowest BCUT2D eigenvalue weighted by Gasteiger charge is -2.16. The molecule has 3 unspecified atom stereocenters. The Hall–Kier alpha value is -0.610. The van der Waals surface area contributed by atoms with Gasteiger partial charge in [-0.3, -0.25) is 0 Å². The fourth-order valence-electron chi connectivity index (χ4n) is 2.76. The minimum Gasteiger partial charge on any atom is -0.393 e. The smallest absolute Gasteiger partial charge is 0.185 e. The molecule has 3 rings (SSSR count). The Bertz CT molecular complexity index is 314. The van der Waals surface area contributed by atoms with E-state index in [0.717, 1.165) is 24.6 Å². The Morgan fingerprint density at radius 1 is 1.43 bits per heavy atom. The summed E-state index contributed by atoms with van der Waals surface area (Å²) in [4.78, 5) is 6.64. The molecule has 1 aromatic rings. The monoisotopic (exact) mass is 210 g/mol. The number of fused-ring (bicyclic) bond motifs is 1. The van der Waals surface area contributed by atoms with Gasteiger partial charge in [-0.15, -0.1) is 11.3 Å². The predicted molar refractivity (Wildman–Crippen MR) is 56.5 cm³/mol. The van der Waals surface area contributed by atoms with Gasteiger partial charge in [0, 0.05) is 30.6 Å². The van der Waals surface area contributed by atoms with Crippen LogP contribution in [0.25, 0.3) is 0 Å². The number of rotatable bonds is 1. The molecule has 2 aliphatic rings. The molecular formula is C10H14N2OS. The zero-order chi connectivity index (χ0) is 9.54. The Balaban J connectivity index is 1.77. The number of nitrogens with zero attached hydrogens (tertiary/aromatic N) is 2. The molecule has 14 heavy (non-hydrogen) atoms. The van der Waals surface area contributed by atoms with Gasteiger partial charge in [-0.25, -0.2) is 4.98 Å². The lowest BCUT2D eigenvalue weighted by Crippen LogP contribution is -2.24. The van der Waals surface area contributed by atoms with Gasteiger partial charge in [0.25, 0.3) is 0 Å². The predicted octanol–water partition coefficient (Wildman–Crippen LogP) is 1.35. The van der Waals surface area contributed by atoms with E-state index in [1.807, 2.05) is 11.6 Å². The molecule has 0 spiro atoms. The van der Waals surface area contributed by atoms with Crippen LogP contribution in [0.4, 0.5) is 5.13 Å². The molecule has 1 saturated carbocycles. The summed E-state index contributed by atoms with van der Waals surface area (Å²) in [6.45, 7) is 2.09. The highest BCUT2D eigenvalue weighted by Crippen LogP contribution is 2.40. The van der Waals surface area contributed by atoms with Crippen LogP contribution in [0.2, 0.25) is 0 Å². The van der Waals surface area contributed by atoms with Crippen molar-refractivity contribution in [1.29, 1.82) is 0 Å². The van der Waals surface area contributed by atoms with Crippen molar-refractivity contribution in [1.82, 2.24) is 4.98 Å². The van der Waals surface area contributed by atoms with E-state index in [0.29, 0.717) is 11.8 Å². The van der Waals surface area contributed by atoms with E-state index >= 15 is 0 Å². The third kappa shape index (κ3) is 1.25. The Labute approximate surface area is 87.4 Å². The van der Waals surface area contributed by atoms with E-state index in [2.05, 4.69) is 9.88 Å². The molecule has 1 saturated heterocycles. The first-order valence-electron chi connectivity index (χ1n) is 5.17. The SMILES string of the molecule is OC1CCC2CN(c3nccs3)CC12. The summed E-state index contributed by atoms with van der Waals surface area (Å²) in [6.07, 6.45) is 3.98. The summed E-state index contributed by atoms with van der Waals surface area (Å²) < 4.78 is 0. The molecule has 1 N–H and O–H groups in total. The van der Waals surface area contributed by atoms with E-state index < -0.39 is 0 Å². The van der Waals surface area contributed by atoms with Crippen LogP contribution in [0.1, 0.15) is 12.8 Å². The molecule has 1 aliphatic heterocycles. The largest absolute Gasteiger partial charge is 0.393 e. The van der Waals surface area contributed by atoms with Crippen LogP contribution in [0.5, 0.6) is 0 Å². The van der Waals surface area contributed by atoms with Crippen LogP contribution >= 0.6 is 11.3 Å². The molecule has 1 aliphatic carbocycles. The molecule has 4 heteroatoms. The van der Waals surface area contributed by atoms with Gasteiger partial charge in [0.05, 0.1) is 6.10 Å². The first-order valence-corrected chi connectivity index (χ1v) is 6.05. The van der Waals surface area contributed by atoms with Gasteiger partial charge in [0.1, 0.15) is 0 Å². The van der Waals surface area contributed by atoms with Gasteiger partial charge < -0.3 is 10.0 Å². The number of aliphatic hydroxyl groups excluding tert-OH is 1.